The van der Waals surface area contributed by atoms with Crippen molar-refractivity contribution in [3.8, 4) is 11.5 Å². The number of carbonyl (C=O) groups is 1. The Morgan fingerprint density at radius 1 is 1.30 bits per heavy atom. The molecule has 20 heavy (non-hydrogen) atoms. The van der Waals surface area contributed by atoms with Gasteiger partial charge in [0.15, 0.2) is 18.1 Å². The van der Waals surface area contributed by atoms with E-state index >= 15 is 0 Å². The number of carbonyl (C=O) groups excluding carboxylic acids is 1. The molecule has 0 aliphatic heterocycles. The van der Waals surface area contributed by atoms with Crippen LogP contribution in [0.4, 0.5) is 0 Å². The Morgan fingerprint density at radius 2 is 2.10 bits per heavy atom. The monoisotopic (exact) mass is 276 g/mol. The van der Waals surface area contributed by atoms with Gasteiger partial charge in [-0.2, -0.15) is 0 Å². The summed E-state index contributed by atoms with van der Waals surface area (Å²) in [6, 6.07) is 4.93. The summed E-state index contributed by atoms with van der Waals surface area (Å²) in [6.07, 6.45) is 0.749. The van der Waals surface area contributed by atoms with Crippen molar-refractivity contribution in [2.75, 3.05) is 7.11 Å². The fourth-order valence-corrected chi connectivity index (χ4v) is 1.57. The predicted octanol–water partition coefficient (Wildman–Crippen LogP) is 2.59. The van der Waals surface area contributed by atoms with E-state index in [2.05, 4.69) is 10.2 Å². The van der Waals surface area contributed by atoms with Gasteiger partial charge in [-0.15, -0.1) is 10.2 Å². The van der Waals surface area contributed by atoms with Crippen LogP contribution in [-0.4, -0.2) is 23.6 Å². The second-order valence-corrected chi connectivity index (χ2v) is 4.51. The van der Waals surface area contributed by atoms with Gasteiger partial charge >= 0.3 is 0 Å². The zero-order valence-corrected chi connectivity index (χ0v) is 11.6. The highest BCUT2D eigenvalue weighted by molar-refractivity contribution is 5.76. The first-order valence-corrected chi connectivity index (χ1v) is 6.22. The molecule has 0 fully saturated rings. The number of methoxy groups -OCH3 is 1. The maximum atomic E-state index is 10.7. The molecule has 0 aliphatic rings. The Bertz CT molecular complexity index is 593. The standard InChI is InChI=1S/C14H16N2O4/c1-9(2)14-16-15-13(20-14)8-19-11-5-4-10(7-17)6-12(11)18-3/h4-7,9H,8H2,1-3H3. The predicted molar refractivity (Wildman–Crippen MR) is 71.1 cm³/mol. The van der Waals surface area contributed by atoms with Crippen molar-refractivity contribution >= 4 is 6.29 Å². The fourth-order valence-electron chi connectivity index (χ4n) is 1.57. The molecule has 0 unspecified atom stereocenters. The van der Waals surface area contributed by atoms with Crippen molar-refractivity contribution in [3.05, 3.63) is 35.5 Å². The Hall–Kier alpha value is -2.37. The first kappa shape index (κ1) is 14.0. The summed E-state index contributed by atoms with van der Waals surface area (Å²) in [5.41, 5.74) is 0.522. The lowest BCUT2D eigenvalue weighted by molar-refractivity contribution is 0.112. The molecule has 1 heterocycles. The molecule has 0 N–H and O–H groups in total. The van der Waals surface area contributed by atoms with Crippen LogP contribution in [0.3, 0.4) is 0 Å². The van der Waals surface area contributed by atoms with Crippen LogP contribution in [-0.2, 0) is 6.61 Å². The normalized spacial score (nSPS) is 10.6. The summed E-state index contributed by atoms with van der Waals surface area (Å²) in [4.78, 5) is 10.7. The van der Waals surface area contributed by atoms with E-state index < -0.39 is 0 Å². The topological polar surface area (TPSA) is 74.5 Å². The van der Waals surface area contributed by atoms with Gasteiger partial charge in [0.1, 0.15) is 6.29 Å². The zero-order chi connectivity index (χ0) is 14.5. The SMILES string of the molecule is COc1cc(C=O)ccc1OCc1nnc(C(C)C)o1. The number of aromatic nitrogens is 2. The Kier molecular flexibility index (Phi) is 4.34. The van der Waals surface area contributed by atoms with Gasteiger partial charge in [0, 0.05) is 11.5 Å². The summed E-state index contributed by atoms with van der Waals surface area (Å²) in [5.74, 6) is 2.15. The van der Waals surface area contributed by atoms with Gasteiger partial charge in [0.2, 0.25) is 5.89 Å². The van der Waals surface area contributed by atoms with E-state index in [1.807, 2.05) is 13.8 Å². The molecule has 0 atom stereocenters. The number of hydrogen-bond donors (Lipinski definition) is 0. The summed E-state index contributed by atoms with van der Waals surface area (Å²) in [5, 5.41) is 7.83. The molecule has 0 aliphatic carbocycles. The molecule has 0 saturated carbocycles. The second-order valence-electron chi connectivity index (χ2n) is 4.51. The molecule has 6 nitrogen and oxygen atoms in total. The van der Waals surface area contributed by atoms with Gasteiger partial charge in [0.05, 0.1) is 7.11 Å². The summed E-state index contributed by atoms with van der Waals surface area (Å²) < 4.78 is 16.2. The van der Waals surface area contributed by atoms with Crippen molar-refractivity contribution in [2.45, 2.75) is 26.4 Å². The van der Waals surface area contributed by atoms with Crippen molar-refractivity contribution < 1.29 is 18.7 Å². The third-order valence-corrected chi connectivity index (χ3v) is 2.65. The average molecular weight is 276 g/mol. The van der Waals surface area contributed by atoms with Gasteiger partial charge < -0.3 is 13.9 Å². The number of ether oxygens (including phenoxy) is 2. The van der Waals surface area contributed by atoms with Crippen LogP contribution in [0.1, 0.15) is 41.9 Å². The van der Waals surface area contributed by atoms with E-state index in [1.54, 1.807) is 18.2 Å². The van der Waals surface area contributed by atoms with Crippen molar-refractivity contribution in [2.24, 2.45) is 0 Å². The first-order chi connectivity index (χ1) is 9.63. The molecular weight excluding hydrogens is 260 g/mol. The lowest BCUT2D eigenvalue weighted by atomic mass is 10.2. The van der Waals surface area contributed by atoms with Crippen LogP contribution in [0.2, 0.25) is 0 Å². The third-order valence-electron chi connectivity index (χ3n) is 2.65. The number of aldehydes is 1. The minimum atomic E-state index is 0.149. The van der Waals surface area contributed by atoms with E-state index in [4.69, 9.17) is 13.9 Å². The zero-order valence-electron chi connectivity index (χ0n) is 11.6. The van der Waals surface area contributed by atoms with Crippen LogP contribution in [0, 0.1) is 0 Å². The fraction of sp³-hybridized carbons (Fsp3) is 0.357. The van der Waals surface area contributed by atoms with Crippen molar-refractivity contribution in [3.63, 3.8) is 0 Å². The van der Waals surface area contributed by atoms with Crippen molar-refractivity contribution in [1.82, 2.24) is 10.2 Å². The van der Waals surface area contributed by atoms with Gasteiger partial charge in [-0.1, -0.05) is 13.8 Å². The number of nitrogens with zero attached hydrogens (tertiary/aromatic N) is 2. The van der Waals surface area contributed by atoms with Gasteiger partial charge in [0.25, 0.3) is 5.89 Å². The van der Waals surface area contributed by atoms with Crippen LogP contribution in [0.15, 0.2) is 22.6 Å². The molecule has 0 bridgehead atoms. The summed E-state index contributed by atoms with van der Waals surface area (Å²) >= 11 is 0. The molecular formula is C14H16N2O4. The Balaban J connectivity index is 2.07. The molecule has 0 spiro atoms. The van der Waals surface area contributed by atoms with E-state index in [-0.39, 0.29) is 12.5 Å². The van der Waals surface area contributed by atoms with E-state index in [1.165, 1.54) is 7.11 Å². The van der Waals surface area contributed by atoms with Crippen LogP contribution < -0.4 is 9.47 Å². The quantitative estimate of drug-likeness (QED) is 0.755. The van der Waals surface area contributed by atoms with E-state index in [9.17, 15) is 4.79 Å². The van der Waals surface area contributed by atoms with E-state index in [0.29, 0.717) is 28.8 Å². The molecule has 0 saturated heterocycles. The minimum Gasteiger partial charge on any atom is -0.493 e. The molecule has 2 rings (SSSR count). The molecule has 2 aromatic rings. The number of rotatable bonds is 6. The summed E-state index contributed by atoms with van der Waals surface area (Å²) in [7, 11) is 1.51. The van der Waals surface area contributed by atoms with Crippen LogP contribution >= 0.6 is 0 Å². The maximum Gasteiger partial charge on any atom is 0.253 e. The molecule has 0 amide bonds. The lowest BCUT2D eigenvalue weighted by Gasteiger charge is -2.09. The van der Waals surface area contributed by atoms with Crippen LogP contribution in [0.5, 0.6) is 11.5 Å². The minimum absolute atomic E-state index is 0.149. The average Bonchev–Trinajstić information content (AvgIpc) is 2.94. The van der Waals surface area contributed by atoms with Crippen LogP contribution in [0.25, 0.3) is 0 Å². The van der Waals surface area contributed by atoms with E-state index in [0.717, 1.165) is 6.29 Å². The molecule has 106 valence electrons. The summed E-state index contributed by atoms with van der Waals surface area (Å²) in [6.45, 7) is 4.09. The first-order valence-electron chi connectivity index (χ1n) is 6.22. The molecule has 1 aromatic carbocycles. The van der Waals surface area contributed by atoms with Gasteiger partial charge in [-0.25, -0.2) is 0 Å². The smallest absolute Gasteiger partial charge is 0.253 e. The molecule has 6 heteroatoms. The number of hydrogen-bond acceptors (Lipinski definition) is 6. The highest BCUT2D eigenvalue weighted by atomic mass is 16.5. The van der Waals surface area contributed by atoms with Gasteiger partial charge in [-0.05, 0) is 18.2 Å². The van der Waals surface area contributed by atoms with Crippen molar-refractivity contribution in [1.29, 1.82) is 0 Å². The molecule has 1 aromatic heterocycles. The molecule has 0 radical (unpaired) electrons. The number of benzene rings is 1. The Labute approximate surface area is 116 Å². The lowest BCUT2D eigenvalue weighted by Crippen LogP contribution is -1.98. The highest BCUT2D eigenvalue weighted by Gasteiger charge is 2.11. The third kappa shape index (κ3) is 3.14. The highest BCUT2D eigenvalue weighted by Crippen LogP contribution is 2.28. The maximum absolute atomic E-state index is 10.7. The second kappa shape index (κ2) is 6.18. The van der Waals surface area contributed by atoms with Gasteiger partial charge in [-0.3, -0.25) is 4.79 Å². The Morgan fingerprint density at radius 3 is 2.70 bits per heavy atom. The largest absolute Gasteiger partial charge is 0.493 e.